The average molecular weight is 473 g/mol. The van der Waals surface area contributed by atoms with Crippen LogP contribution in [0.3, 0.4) is 0 Å². The van der Waals surface area contributed by atoms with E-state index in [1.807, 2.05) is 0 Å². The molecule has 4 bridgehead atoms. The molecule has 0 N–H and O–H groups in total. The van der Waals surface area contributed by atoms with Crippen LogP contribution in [0.1, 0.15) is 75.0 Å². The molecule has 4 saturated carbocycles. The molecular weight excluding hydrogens is 440 g/mol. The van der Waals surface area contributed by atoms with Crippen molar-refractivity contribution in [3.05, 3.63) is 71.1 Å². The number of rotatable bonds is 5. The molecule has 5 aliphatic carbocycles. The van der Waals surface area contributed by atoms with Gasteiger partial charge in [0, 0.05) is 32.6 Å². The Morgan fingerprint density at radius 3 is 2.17 bits per heavy atom. The van der Waals surface area contributed by atoms with Gasteiger partial charge in [-0.1, -0.05) is 67.5 Å². The van der Waals surface area contributed by atoms with E-state index < -0.39 is 0 Å². The van der Waals surface area contributed by atoms with E-state index in [0.29, 0.717) is 5.41 Å². The number of hydrogen-bond donors (Lipinski definition) is 0. The fourth-order valence-electron chi connectivity index (χ4n) is 7.73. The normalized spacial score (nSPS) is 30.7. The molecule has 7 rings (SSSR count). The first kappa shape index (κ1) is 20.9. The van der Waals surface area contributed by atoms with Crippen molar-refractivity contribution in [2.45, 2.75) is 64.7 Å². The maximum absolute atomic E-state index is 2.53. The van der Waals surface area contributed by atoms with Gasteiger partial charge >= 0.3 is 0 Å². The van der Waals surface area contributed by atoms with Crippen molar-refractivity contribution in [1.82, 2.24) is 0 Å². The largest absolute Gasteiger partial charge is 0.0651 e. The predicted octanol–water partition coefficient (Wildman–Crippen LogP) is 7.86. The van der Waals surface area contributed by atoms with Crippen molar-refractivity contribution in [2.24, 2.45) is 23.2 Å². The van der Waals surface area contributed by atoms with Crippen molar-refractivity contribution in [3.8, 4) is 11.1 Å². The molecule has 0 aromatic heterocycles. The van der Waals surface area contributed by atoms with Gasteiger partial charge in [0.1, 0.15) is 0 Å². The second-order valence-corrected chi connectivity index (χ2v) is 10.7. The van der Waals surface area contributed by atoms with Crippen molar-refractivity contribution in [1.29, 1.82) is 0 Å². The summed E-state index contributed by atoms with van der Waals surface area (Å²) in [6, 6.07) is 16.1. The van der Waals surface area contributed by atoms with E-state index >= 15 is 0 Å². The van der Waals surface area contributed by atoms with Crippen LogP contribution in [0.4, 0.5) is 0 Å². The summed E-state index contributed by atoms with van der Waals surface area (Å²) in [7, 11) is 0. The van der Waals surface area contributed by atoms with Crippen LogP contribution in [-0.2, 0) is 32.6 Å². The Morgan fingerprint density at radius 2 is 1.53 bits per heavy atom. The molecule has 5 aliphatic rings. The van der Waals surface area contributed by atoms with E-state index in [1.165, 1.54) is 66.3 Å². The van der Waals surface area contributed by atoms with Crippen molar-refractivity contribution < 1.29 is 26.2 Å². The molecule has 153 valence electrons. The molecule has 1 heteroatoms. The summed E-state index contributed by atoms with van der Waals surface area (Å²) >= 11 is 0. The minimum absolute atomic E-state index is 0. The van der Waals surface area contributed by atoms with Crippen LogP contribution < -0.4 is 0 Å². The van der Waals surface area contributed by atoms with E-state index in [2.05, 4.69) is 61.9 Å². The van der Waals surface area contributed by atoms with Gasteiger partial charge in [0.25, 0.3) is 0 Å². The third-order valence-electron chi connectivity index (χ3n) is 8.36. The van der Waals surface area contributed by atoms with Gasteiger partial charge in [0.05, 0.1) is 0 Å². The second kappa shape index (κ2) is 8.20. The van der Waals surface area contributed by atoms with E-state index in [9.17, 15) is 0 Å². The predicted molar refractivity (Wildman–Crippen MR) is 122 cm³/mol. The number of benzene rings is 2. The van der Waals surface area contributed by atoms with E-state index in [0.717, 1.165) is 17.8 Å². The van der Waals surface area contributed by atoms with E-state index in [-0.39, 0.29) is 26.2 Å². The second-order valence-electron chi connectivity index (χ2n) is 10.7. The molecule has 30 heavy (non-hydrogen) atoms. The molecular formula is C29H33Zr. The molecule has 0 unspecified atom stereocenters. The minimum Gasteiger partial charge on any atom is -0.0651 e. The van der Waals surface area contributed by atoms with Gasteiger partial charge < -0.3 is 0 Å². The summed E-state index contributed by atoms with van der Waals surface area (Å²) < 4.78 is 0. The van der Waals surface area contributed by atoms with Crippen LogP contribution in [0, 0.1) is 29.6 Å². The maximum Gasteiger partial charge on any atom is 0.0164 e. The Kier molecular flexibility index (Phi) is 5.72. The Hall–Kier alpha value is -0.937. The molecule has 4 fully saturated rings. The SMILES string of the molecule is CCCc1ccc(-c2cccc3c2C=C(CC24CC5CC(CC(C5)C2)C4)[CH]3)cc1.[Zr]. The van der Waals surface area contributed by atoms with Gasteiger partial charge in [-0.25, -0.2) is 0 Å². The van der Waals surface area contributed by atoms with E-state index in [1.54, 1.807) is 24.8 Å². The standard InChI is InChI=1S/C29H33.Zr/c1-2-4-20-7-9-25(10-8-20)27-6-3-5-26-14-24(15-28(26)27)19-29-16-21-11-22(17-29)13-23(12-21)18-29;/h3,5-10,14-15,21-23H,2,4,11-13,16-19H2,1H3;. The molecule has 0 spiro atoms. The van der Waals surface area contributed by atoms with Gasteiger partial charge in [-0.15, -0.1) is 0 Å². The topological polar surface area (TPSA) is 0 Å². The number of aryl methyl sites for hydroxylation is 1. The van der Waals surface area contributed by atoms with Crippen LogP contribution in [-0.4, -0.2) is 0 Å². The Labute approximate surface area is 201 Å². The van der Waals surface area contributed by atoms with Crippen LogP contribution in [0.25, 0.3) is 17.2 Å². The quantitative estimate of drug-likeness (QED) is 0.415. The van der Waals surface area contributed by atoms with Gasteiger partial charge in [0.15, 0.2) is 0 Å². The third-order valence-corrected chi connectivity index (χ3v) is 8.36. The molecule has 0 amide bonds. The first-order valence-electron chi connectivity index (χ1n) is 12.0. The van der Waals surface area contributed by atoms with Gasteiger partial charge in [-0.3, -0.25) is 0 Å². The van der Waals surface area contributed by atoms with E-state index in [4.69, 9.17) is 0 Å². The van der Waals surface area contributed by atoms with Crippen molar-refractivity contribution in [2.75, 3.05) is 0 Å². The van der Waals surface area contributed by atoms with Gasteiger partial charge in [-0.05, 0) is 102 Å². The summed E-state index contributed by atoms with van der Waals surface area (Å²) in [6.45, 7) is 2.25. The van der Waals surface area contributed by atoms with Crippen molar-refractivity contribution >= 4 is 6.08 Å². The summed E-state index contributed by atoms with van der Waals surface area (Å²) in [5.74, 6) is 3.13. The third kappa shape index (κ3) is 3.74. The molecule has 0 saturated heterocycles. The molecule has 2 aromatic rings. The van der Waals surface area contributed by atoms with Crippen LogP contribution in [0.2, 0.25) is 0 Å². The Balaban J connectivity index is 0.00000193. The summed E-state index contributed by atoms with van der Waals surface area (Å²) in [5, 5.41) is 0. The van der Waals surface area contributed by atoms with Crippen molar-refractivity contribution in [3.63, 3.8) is 0 Å². The number of allylic oxidation sites excluding steroid dienone is 1. The maximum atomic E-state index is 2.53. The fourth-order valence-corrected chi connectivity index (χ4v) is 7.73. The minimum atomic E-state index is 0. The smallest absolute Gasteiger partial charge is 0.0164 e. The zero-order valence-corrected chi connectivity index (χ0v) is 20.8. The molecule has 0 atom stereocenters. The Morgan fingerprint density at radius 1 is 0.867 bits per heavy atom. The number of hydrogen-bond acceptors (Lipinski definition) is 0. The van der Waals surface area contributed by atoms with Crippen LogP contribution in [0.15, 0.2) is 48.0 Å². The molecule has 0 nitrogen and oxygen atoms in total. The summed E-state index contributed by atoms with van der Waals surface area (Å²) in [6.07, 6.45) is 17.9. The fraction of sp³-hybridized carbons (Fsp3) is 0.483. The molecule has 2 aromatic carbocycles. The summed E-state index contributed by atoms with van der Waals surface area (Å²) in [5.41, 5.74) is 9.33. The first-order valence-corrected chi connectivity index (χ1v) is 12.0. The Bertz CT molecular complexity index is 914. The zero-order valence-electron chi connectivity index (χ0n) is 18.3. The number of fused-ring (bicyclic) bond motifs is 1. The molecule has 1 radical (unpaired) electrons. The average Bonchev–Trinajstić information content (AvgIpc) is 3.09. The molecule has 0 aliphatic heterocycles. The van der Waals surface area contributed by atoms with Crippen LogP contribution >= 0.6 is 0 Å². The summed E-state index contributed by atoms with van der Waals surface area (Å²) in [4.78, 5) is 0. The van der Waals surface area contributed by atoms with Gasteiger partial charge in [-0.2, -0.15) is 0 Å². The first-order chi connectivity index (χ1) is 14.2. The zero-order chi connectivity index (χ0) is 19.4. The monoisotopic (exact) mass is 471 g/mol. The van der Waals surface area contributed by atoms with Gasteiger partial charge in [0.2, 0.25) is 0 Å². The van der Waals surface area contributed by atoms with Crippen LogP contribution in [0.5, 0.6) is 0 Å². The molecule has 0 heterocycles.